The van der Waals surface area contributed by atoms with E-state index in [0.717, 1.165) is 16.4 Å². The third-order valence-electron chi connectivity index (χ3n) is 3.46. The van der Waals surface area contributed by atoms with E-state index < -0.39 is 37.5 Å². The van der Waals surface area contributed by atoms with E-state index in [4.69, 9.17) is 5.73 Å². The number of carbonyl (C=O) groups is 1. The molecule has 12 heteroatoms. The van der Waals surface area contributed by atoms with Crippen LogP contribution in [0.3, 0.4) is 0 Å². The number of hydrogen-bond acceptors (Lipinski definition) is 6. The number of nitrogens with two attached hydrogens (primary N) is 1. The van der Waals surface area contributed by atoms with Crippen molar-refractivity contribution < 1.29 is 18.1 Å². The van der Waals surface area contributed by atoms with Crippen LogP contribution < -0.4 is 16.6 Å². The van der Waals surface area contributed by atoms with Crippen molar-refractivity contribution in [3.63, 3.8) is 0 Å². The molecule has 1 heterocycles. The monoisotopic (exact) mass is 373 g/mol. The van der Waals surface area contributed by atoms with Crippen LogP contribution in [0.25, 0.3) is 0 Å². The Morgan fingerprint density at radius 2 is 2.04 bits per heavy atom. The van der Waals surface area contributed by atoms with E-state index in [1.807, 2.05) is 0 Å². The Bertz CT molecular complexity index is 782. The minimum Gasteiger partial charge on any atom is -0.375 e. The number of amides is 1. The van der Waals surface area contributed by atoms with E-state index in [9.17, 15) is 23.3 Å². The zero-order valence-corrected chi connectivity index (χ0v) is 14.0. The van der Waals surface area contributed by atoms with Gasteiger partial charge in [-0.3, -0.25) is 25.8 Å². The van der Waals surface area contributed by atoms with Crippen molar-refractivity contribution in [2.45, 2.75) is 23.8 Å². The van der Waals surface area contributed by atoms with Gasteiger partial charge in [-0.1, -0.05) is 12.1 Å². The lowest BCUT2D eigenvalue weighted by atomic mass is 10.2. The summed E-state index contributed by atoms with van der Waals surface area (Å²) in [6, 6.07) is 4.01. The molecule has 1 fully saturated rings. The van der Waals surface area contributed by atoms with Crippen LogP contribution in [0.1, 0.15) is 12.8 Å². The van der Waals surface area contributed by atoms with Crippen molar-refractivity contribution in [1.29, 1.82) is 0 Å². The number of nitrogens with one attached hydrogen (secondary N) is 2. The number of benzene rings is 1. The molecule has 1 aliphatic rings. The van der Waals surface area contributed by atoms with E-state index in [0.29, 0.717) is 6.42 Å². The molecule has 1 atom stereocenters. The van der Waals surface area contributed by atoms with Gasteiger partial charge in [-0.25, -0.2) is 8.42 Å². The van der Waals surface area contributed by atoms with Crippen LogP contribution in [0.2, 0.25) is 0 Å². The molecule has 0 spiro atoms. The molecule has 24 heavy (non-hydrogen) atoms. The predicted molar refractivity (Wildman–Crippen MR) is 88.1 cm³/mol. The van der Waals surface area contributed by atoms with Gasteiger partial charge in [0.2, 0.25) is 0 Å². The highest BCUT2D eigenvalue weighted by molar-refractivity contribution is 7.89. The lowest BCUT2D eigenvalue weighted by Crippen LogP contribution is -2.52. The van der Waals surface area contributed by atoms with E-state index >= 15 is 0 Å². The highest BCUT2D eigenvalue weighted by Gasteiger charge is 2.41. The molecule has 1 aromatic carbocycles. The maximum atomic E-state index is 12.8. The lowest BCUT2D eigenvalue weighted by Gasteiger charge is -2.23. The smallest absolute Gasteiger partial charge is 0.289 e. The Labute approximate surface area is 143 Å². The molecule has 1 aromatic rings. The zero-order valence-electron chi connectivity index (χ0n) is 12.3. The van der Waals surface area contributed by atoms with Crippen molar-refractivity contribution in [3.05, 3.63) is 34.4 Å². The van der Waals surface area contributed by atoms with Gasteiger partial charge in [-0.05, 0) is 31.1 Å². The van der Waals surface area contributed by atoms with Gasteiger partial charge in [-0.2, -0.15) is 4.31 Å². The molecule has 2 rings (SSSR count). The SMILES string of the molecule is NC(=S)NNC(=O)[C@H]1CCCN1S(=O)(=O)c1ccccc1[N+](=O)[O-]. The lowest BCUT2D eigenvalue weighted by molar-refractivity contribution is -0.387. The average molecular weight is 373 g/mol. The maximum Gasteiger partial charge on any atom is 0.289 e. The van der Waals surface area contributed by atoms with Crippen LogP contribution >= 0.6 is 12.2 Å². The van der Waals surface area contributed by atoms with Crippen LogP contribution in [0.15, 0.2) is 29.2 Å². The Kier molecular flexibility index (Phi) is 5.31. The Morgan fingerprint density at radius 3 is 2.67 bits per heavy atom. The number of sulfonamides is 1. The molecule has 0 aliphatic carbocycles. The molecule has 4 N–H and O–H groups in total. The first-order chi connectivity index (χ1) is 11.2. The number of nitro benzene ring substituents is 1. The van der Waals surface area contributed by atoms with E-state index in [1.54, 1.807) is 0 Å². The maximum absolute atomic E-state index is 12.8. The van der Waals surface area contributed by atoms with E-state index in [2.05, 4.69) is 23.1 Å². The van der Waals surface area contributed by atoms with Crippen molar-refractivity contribution in [2.24, 2.45) is 5.73 Å². The third-order valence-corrected chi connectivity index (χ3v) is 5.52. The molecule has 1 aliphatic heterocycles. The quantitative estimate of drug-likeness (QED) is 0.367. The van der Waals surface area contributed by atoms with E-state index in [-0.39, 0.29) is 18.1 Å². The first-order valence-electron chi connectivity index (χ1n) is 6.85. The second kappa shape index (κ2) is 7.07. The highest BCUT2D eigenvalue weighted by Crippen LogP contribution is 2.31. The second-order valence-electron chi connectivity index (χ2n) is 4.98. The van der Waals surface area contributed by atoms with Crippen LogP contribution in [-0.2, 0) is 14.8 Å². The summed E-state index contributed by atoms with van der Waals surface area (Å²) in [5.74, 6) is -0.637. The van der Waals surface area contributed by atoms with Crippen LogP contribution in [-0.4, -0.2) is 41.3 Å². The fourth-order valence-electron chi connectivity index (χ4n) is 2.45. The van der Waals surface area contributed by atoms with Gasteiger partial charge < -0.3 is 5.73 Å². The molecule has 0 saturated carbocycles. The zero-order chi connectivity index (χ0) is 17.9. The summed E-state index contributed by atoms with van der Waals surface area (Å²) < 4.78 is 26.5. The number of hydrazine groups is 1. The Morgan fingerprint density at radius 1 is 1.38 bits per heavy atom. The summed E-state index contributed by atoms with van der Waals surface area (Å²) in [6.45, 7) is 0.0829. The Balaban J connectivity index is 2.33. The number of nitro groups is 1. The molecule has 10 nitrogen and oxygen atoms in total. The number of nitrogens with zero attached hydrogens (tertiary/aromatic N) is 2. The molecular formula is C12H15N5O5S2. The summed E-state index contributed by atoms with van der Waals surface area (Å²) in [4.78, 5) is 22.0. The van der Waals surface area contributed by atoms with Gasteiger partial charge in [-0.15, -0.1) is 0 Å². The van der Waals surface area contributed by atoms with Crippen molar-refractivity contribution in [1.82, 2.24) is 15.2 Å². The third kappa shape index (κ3) is 3.60. The summed E-state index contributed by atoms with van der Waals surface area (Å²) in [5, 5.41) is 10.9. The summed E-state index contributed by atoms with van der Waals surface area (Å²) in [7, 11) is -4.21. The minimum atomic E-state index is -4.21. The fourth-order valence-corrected chi connectivity index (χ4v) is 4.32. The standard InChI is InChI=1S/C12H15N5O5S2/c13-12(23)15-14-11(18)9-5-3-7-16(9)24(21,22)10-6-2-1-4-8(10)17(19)20/h1-2,4,6,9H,3,5,7H2,(H,14,18)(H3,13,15,23)/t9-/m1/s1. The topological polar surface area (TPSA) is 148 Å². The largest absolute Gasteiger partial charge is 0.375 e. The van der Waals surface area contributed by atoms with Crippen LogP contribution in [0.5, 0.6) is 0 Å². The molecule has 1 saturated heterocycles. The molecule has 1 amide bonds. The average Bonchev–Trinajstić information content (AvgIpc) is 3.03. The number of rotatable bonds is 4. The molecule has 0 unspecified atom stereocenters. The number of carbonyl (C=O) groups excluding carboxylic acids is 1. The second-order valence-corrected chi connectivity index (χ2v) is 7.28. The number of hydrogen-bond donors (Lipinski definition) is 3. The Hall–Kier alpha value is -2.31. The highest BCUT2D eigenvalue weighted by atomic mass is 32.2. The van der Waals surface area contributed by atoms with Crippen LogP contribution in [0, 0.1) is 10.1 Å². The van der Waals surface area contributed by atoms with Crippen LogP contribution in [0.4, 0.5) is 5.69 Å². The summed E-state index contributed by atoms with van der Waals surface area (Å²) in [6.07, 6.45) is 0.732. The van der Waals surface area contributed by atoms with Crippen molar-refractivity contribution in [2.75, 3.05) is 6.54 Å². The fraction of sp³-hybridized carbons (Fsp3) is 0.333. The number of para-hydroxylation sites is 1. The van der Waals surface area contributed by atoms with Crippen molar-refractivity contribution in [3.8, 4) is 0 Å². The van der Waals surface area contributed by atoms with Gasteiger partial charge in [0, 0.05) is 12.6 Å². The summed E-state index contributed by atoms with van der Waals surface area (Å²) in [5.41, 5.74) is 9.13. The molecule has 0 radical (unpaired) electrons. The molecular weight excluding hydrogens is 358 g/mol. The first-order valence-corrected chi connectivity index (χ1v) is 8.70. The first kappa shape index (κ1) is 18.0. The summed E-state index contributed by atoms with van der Waals surface area (Å²) >= 11 is 4.56. The van der Waals surface area contributed by atoms with Gasteiger partial charge >= 0.3 is 0 Å². The predicted octanol–water partition coefficient (Wildman–Crippen LogP) is -0.388. The molecule has 130 valence electrons. The minimum absolute atomic E-state index is 0.0829. The van der Waals surface area contributed by atoms with Gasteiger partial charge in [0.1, 0.15) is 6.04 Å². The van der Waals surface area contributed by atoms with Crippen molar-refractivity contribution >= 4 is 38.9 Å². The van der Waals surface area contributed by atoms with Gasteiger partial charge in [0.05, 0.1) is 4.92 Å². The molecule has 0 aromatic heterocycles. The normalized spacial score (nSPS) is 18.1. The van der Waals surface area contributed by atoms with Gasteiger partial charge in [0.25, 0.3) is 21.6 Å². The molecule has 0 bridgehead atoms. The number of thiocarbonyl (C=S) groups is 1. The van der Waals surface area contributed by atoms with E-state index in [1.165, 1.54) is 12.1 Å². The van der Waals surface area contributed by atoms with Gasteiger partial charge in [0.15, 0.2) is 10.0 Å².